The van der Waals surface area contributed by atoms with Crippen molar-refractivity contribution in [3.05, 3.63) is 0 Å². The molecule has 0 unspecified atom stereocenters. The topological polar surface area (TPSA) is 102 Å². The highest BCUT2D eigenvalue weighted by Crippen LogP contribution is 2.36. The van der Waals surface area contributed by atoms with E-state index in [1.807, 2.05) is 0 Å². The van der Waals surface area contributed by atoms with Crippen molar-refractivity contribution in [3.8, 4) is 0 Å². The minimum atomic E-state index is -4.65. The number of phosphoric acid groups is 1. The van der Waals surface area contributed by atoms with E-state index < -0.39 is 13.9 Å². The number of rotatable bonds is 50. The lowest BCUT2D eigenvalue weighted by molar-refractivity contribution is -0.154. The van der Waals surface area contributed by atoms with Crippen LogP contribution in [0.5, 0.6) is 0 Å². The molecule has 0 saturated heterocycles. The summed E-state index contributed by atoms with van der Waals surface area (Å²) in [6, 6.07) is 0. The molecule has 2 N–H and O–H groups in total. The Hall–Kier alpha value is -0.460. The second-order valence-corrected chi connectivity index (χ2v) is 19.1. The maximum atomic E-state index is 12.5. The lowest BCUT2D eigenvalue weighted by atomic mass is 10.0. The fourth-order valence-electron chi connectivity index (χ4n) is 8.09. The normalized spacial score (nSPS) is 12.4. The van der Waals surface area contributed by atoms with Crippen LogP contribution in [-0.4, -0.2) is 41.7 Å². The molecule has 0 bridgehead atoms. The first-order valence-electron chi connectivity index (χ1n) is 25.9. The standard InChI is InChI=1S/C50H101O7P/c1-3-5-7-9-11-13-15-17-19-21-22-23-24-25-26-27-28-29-30-31-33-35-37-39-41-43-45-50(51)57-49(48-56-58(52,53)54)47-55-46-44-42-40-38-36-34-32-20-18-16-14-12-10-8-6-4-2/h49H,3-48H2,1-2H3,(H2,52,53,54)/t49-/m1/s1. The van der Waals surface area contributed by atoms with E-state index in [1.54, 1.807) is 0 Å². The van der Waals surface area contributed by atoms with Crippen molar-refractivity contribution in [1.29, 1.82) is 0 Å². The second-order valence-electron chi connectivity index (χ2n) is 17.9. The number of hydrogen-bond donors (Lipinski definition) is 2. The van der Waals surface area contributed by atoms with Crippen molar-refractivity contribution >= 4 is 13.8 Å². The van der Waals surface area contributed by atoms with Crippen LogP contribution in [0.3, 0.4) is 0 Å². The Bertz CT molecular complexity index is 850. The van der Waals surface area contributed by atoms with E-state index in [0.29, 0.717) is 13.0 Å². The first-order valence-corrected chi connectivity index (χ1v) is 27.4. The molecule has 0 fully saturated rings. The van der Waals surface area contributed by atoms with Gasteiger partial charge in [-0.25, -0.2) is 4.57 Å². The Morgan fingerprint density at radius 1 is 0.397 bits per heavy atom. The van der Waals surface area contributed by atoms with Crippen LogP contribution in [0.2, 0.25) is 0 Å². The van der Waals surface area contributed by atoms with Gasteiger partial charge in [0.2, 0.25) is 0 Å². The van der Waals surface area contributed by atoms with Gasteiger partial charge in [0.05, 0.1) is 13.2 Å². The van der Waals surface area contributed by atoms with Crippen LogP contribution in [-0.2, 0) is 23.4 Å². The zero-order valence-electron chi connectivity index (χ0n) is 39.0. The molecule has 0 rings (SSSR count). The molecule has 0 amide bonds. The largest absolute Gasteiger partial charge is 0.469 e. The molecule has 348 valence electrons. The third-order valence-electron chi connectivity index (χ3n) is 11.9. The van der Waals surface area contributed by atoms with E-state index in [4.69, 9.17) is 19.3 Å². The highest BCUT2D eigenvalue weighted by molar-refractivity contribution is 7.46. The van der Waals surface area contributed by atoms with Crippen molar-refractivity contribution in [2.75, 3.05) is 19.8 Å². The Morgan fingerprint density at radius 2 is 0.655 bits per heavy atom. The summed E-state index contributed by atoms with van der Waals surface area (Å²) in [6.07, 6.45) is 55.6. The molecular formula is C50H101O7P. The molecular weight excluding hydrogens is 744 g/mol. The third-order valence-corrected chi connectivity index (χ3v) is 12.4. The van der Waals surface area contributed by atoms with Gasteiger partial charge in [-0.05, 0) is 12.8 Å². The van der Waals surface area contributed by atoms with Crippen LogP contribution in [0.25, 0.3) is 0 Å². The average Bonchev–Trinajstić information content (AvgIpc) is 3.20. The molecule has 7 nitrogen and oxygen atoms in total. The van der Waals surface area contributed by atoms with Crippen molar-refractivity contribution in [1.82, 2.24) is 0 Å². The number of carbonyl (C=O) groups is 1. The summed E-state index contributed by atoms with van der Waals surface area (Å²) < 4.78 is 27.1. The molecule has 1 atom stereocenters. The number of carbonyl (C=O) groups excluding carboxylic acids is 1. The van der Waals surface area contributed by atoms with Gasteiger partial charge in [-0.15, -0.1) is 0 Å². The van der Waals surface area contributed by atoms with Gasteiger partial charge in [-0.3, -0.25) is 9.32 Å². The molecule has 0 radical (unpaired) electrons. The van der Waals surface area contributed by atoms with E-state index in [0.717, 1.165) is 32.1 Å². The predicted octanol–water partition coefficient (Wildman–Crippen LogP) is 16.8. The average molecular weight is 845 g/mol. The molecule has 0 aliphatic rings. The van der Waals surface area contributed by atoms with Gasteiger partial charge in [0, 0.05) is 13.0 Å². The van der Waals surface area contributed by atoms with E-state index in [1.165, 1.54) is 238 Å². The summed E-state index contributed by atoms with van der Waals surface area (Å²) in [4.78, 5) is 30.8. The quantitative estimate of drug-likeness (QED) is 0.0357. The van der Waals surface area contributed by atoms with E-state index in [-0.39, 0.29) is 19.2 Å². The lowest BCUT2D eigenvalue weighted by Gasteiger charge is -2.18. The van der Waals surface area contributed by atoms with Gasteiger partial charge in [0.1, 0.15) is 6.10 Å². The van der Waals surface area contributed by atoms with Crippen LogP contribution in [0.1, 0.15) is 290 Å². The van der Waals surface area contributed by atoms with Crippen LogP contribution in [0, 0.1) is 0 Å². The molecule has 8 heteroatoms. The second kappa shape index (κ2) is 47.6. The molecule has 58 heavy (non-hydrogen) atoms. The van der Waals surface area contributed by atoms with E-state index in [9.17, 15) is 9.36 Å². The first-order chi connectivity index (χ1) is 28.4. The lowest BCUT2D eigenvalue weighted by Crippen LogP contribution is -2.28. The fraction of sp³-hybridized carbons (Fsp3) is 0.980. The van der Waals surface area contributed by atoms with Crippen LogP contribution in [0.15, 0.2) is 0 Å². The van der Waals surface area contributed by atoms with Crippen molar-refractivity contribution < 1.29 is 33.1 Å². The fourth-order valence-corrected chi connectivity index (χ4v) is 8.45. The molecule has 0 spiro atoms. The maximum Gasteiger partial charge on any atom is 0.469 e. The molecule has 0 saturated carbocycles. The summed E-state index contributed by atoms with van der Waals surface area (Å²) in [6.45, 7) is 4.83. The van der Waals surface area contributed by atoms with Gasteiger partial charge < -0.3 is 19.3 Å². The van der Waals surface area contributed by atoms with Gasteiger partial charge in [-0.2, -0.15) is 0 Å². The highest BCUT2D eigenvalue weighted by atomic mass is 31.2. The predicted molar refractivity (Wildman–Crippen MR) is 249 cm³/mol. The monoisotopic (exact) mass is 845 g/mol. The number of phosphoric ester groups is 1. The minimum absolute atomic E-state index is 0.0873. The smallest absolute Gasteiger partial charge is 0.457 e. The summed E-state index contributed by atoms with van der Waals surface area (Å²) >= 11 is 0. The van der Waals surface area contributed by atoms with Gasteiger partial charge >= 0.3 is 13.8 Å². The summed E-state index contributed by atoms with van der Waals surface area (Å²) in [5, 5.41) is 0. The maximum absolute atomic E-state index is 12.5. The molecule has 0 aliphatic carbocycles. The van der Waals surface area contributed by atoms with E-state index >= 15 is 0 Å². The highest BCUT2D eigenvalue weighted by Gasteiger charge is 2.21. The van der Waals surface area contributed by atoms with Crippen LogP contribution < -0.4 is 0 Å². The van der Waals surface area contributed by atoms with E-state index in [2.05, 4.69) is 18.4 Å². The number of hydrogen-bond acceptors (Lipinski definition) is 5. The zero-order chi connectivity index (χ0) is 42.3. The summed E-state index contributed by atoms with van der Waals surface area (Å²) in [7, 11) is -4.65. The molecule has 0 aromatic heterocycles. The number of unbranched alkanes of at least 4 members (excludes halogenated alkanes) is 40. The summed E-state index contributed by atoms with van der Waals surface area (Å²) in [5.41, 5.74) is 0. The number of ether oxygens (including phenoxy) is 2. The molecule has 0 aromatic rings. The van der Waals surface area contributed by atoms with Gasteiger partial charge in [-0.1, -0.05) is 271 Å². The Balaban J connectivity index is 3.62. The van der Waals surface area contributed by atoms with Crippen molar-refractivity contribution in [2.45, 2.75) is 296 Å². The first kappa shape index (κ1) is 57.5. The van der Waals surface area contributed by atoms with Crippen LogP contribution in [0.4, 0.5) is 0 Å². The number of esters is 1. The van der Waals surface area contributed by atoms with Gasteiger partial charge in [0.25, 0.3) is 0 Å². The van der Waals surface area contributed by atoms with Gasteiger partial charge in [0.15, 0.2) is 0 Å². The zero-order valence-corrected chi connectivity index (χ0v) is 39.9. The van der Waals surface area contributed by atoms with Crippen molar-refractivity contribution in [3.63, 3.8) is 0 Å². The summed E-state index contributed by atoms with van der Waals surface area (Å²) in [5.74, 6) is -0.352. The third kappa shape index (κ3) is 49.9. The molecule has 0 aromatic carbocycles. The van der Waals surface area contributed by atoms with Crippen LogP contribution >= 0.6 is 7.82 Å². The molecule has 0 heterocycles. The minimum Gasteiger partial charge on any atom is -0.457 e. The molecule has 0 aliphatic heterocycles. The Kier molecular flexibility index (Phi) is 47.2. The SMILES string of the molecule is CCCCCCCCCCCCCCCCCCCCCCCCCCCCC(=O)O[C@H](COCCCCCCCCCCCCCCCCCC)COP(=O)(O)O. The van der Waals surface area contributed by atoms with Crippen molar-refractivity contribution in [2.24, 2.45) is 0 Å². The Labute approximate surface area is 361 Å². The Morgan fingerprint density at radius 3 is 0.931 bits per heavy atom.